The Morgan fingerprint density at radius 1 is 1.03 bits per heavy atom. The van der Waals surface area contributed by atoms with Gasteiger partial charge in [0.15, 0.2) is 0 Å². The van der Waals surface area contributed by atoms with Crippen LogP contribution in [-0.2, 0) is 9.59 Å². The number of benzene rings is 1. The number of hydrogen-bond donors (Lipinski definition) is 3. The van der Waals surface area contributed by atoms with Gasteiger partial charge in [-0.2, -0.15) is 0 Å². The molecule has 5 N–H and O–H groups in total. The Balaban J connectivity index is 0.000000308. The van der Waals surface area contributed by atoms with Gasteiger partial charge in [0.2, 0.25) is 17.8 Å². The first-order valence-electron chi connectivity index (χ1n) is 10.5. The molecule has 0 spiro atoms. The molecule has 2 aliphatic heterocycles. The SMILES string of the molecule is C#C.NC(=O)NC(N)=Nc1ccc(Cl)cc1Cl.O=C(CN1CCCCCC1=O)N1CCCC1. The molecule has 0 aliphatic carbocycles. The van der Waals surface area contributed by atoms with Gasteiger partial charge < -0.3 is 21.3 Å². The number of nitrogens with zero attached hydrogens (tertiary/aromatic N) is 3. The molecule has 33 heavy (non-hydrogen) atoms. The number of urea groups is 1. The number of halogens is 2. The second kappa shape index (κ2) is 15.0. The normalized spacial score (nSPS) is 16.0. The number of rotatable bonds is 3. The number of nitrogens with two attached hydrogens (primary N) is 2. The molecule has 0 atom stereocenters. The van der Waals surface area contributed by atoms with Crippen LogP contribution in [0.15, 0.2) is 23.2 Å². The lowest BCUT2D eigenvalue weighted by Crippen LogP contribution is -2.41. The first-order chi connectivity index (χ1) is 15.8. The third kappa shape index (κ3) is 10.5. The zero-order valence-corrected chi connectivity index (χ0v) is 19.9. The quantitative estimate of drug-likeness (QED) is 0.336. The van der Waals surface area contributed by atoms with E-state index in [2.05, 4.69) is 23.2 Å². The van der Waals surface area contributed by atoms with Crippen molar-refractivity contribution in [1.29, 1.82) is 0 Å². The number of nitrogens with one attached hydrogen (secondary N) is 1. The Hall–Kier alpha value is -2.96. The van der Waals surface area contributed by atoms with E-state index in [1.165, 1.54) is 6.07 Å². The Morgan fingerprint density at radius 2 is 1.67 bits per heavy atom. The molecule has 0 unspecified atom stereocenters. The van der Waals surface area contributed by atoms with E-state index in [1.807, 2.05) is 4.90 Å². The van der Waals surface area contributed by atoms with E-state index in [-0.39, 0.29) is 17.8 Å². The lowest BCUT2D eigenvalue weighted by molar-refractivity contribution is -0.139. The zero-order valence-electron chi connectivity index (χ0n) is 18.4. The van der Waals surface area contributed by atoms with Crippen molar-refractivity contribution in [2.24, 2.45) is 16.5 Å². The average molecular weight is 497 g/mol. The monoisotopic (exact) mass is 496 g/mol. The van der Waals surface area contributed by atoms with Crippen LogP contribution < -0.4 is 16.8 Å². The van der Waals surface area contributed by atoms with Crippen molar-refractivity contribution in [1.82, 2.24) is 15.1 Å². The van der Waals surface area contributed by atoms with Crippen LogP contribution in [0.5, 0.6) is 0 Å². The van der Waals surface area contributed by atoms with E-state index in [1.54, 1.807) is 17.0 Å². The van der Waals surface area contributed by atoms with Crippen LogP contribution >= 0.6 is 23.2 Å². The molecule has 2 heterocycles. The molecule has 3 rings (SSSR count). The highest BCUT2D eigenvalue weighted by atomic mass is 35.5. The van der Waals surface area contributed by atoms with Crippen molar-refractivity contribution < 1.29 is 14.4 Å². The minimum Gasteiger partial charge on any atom is -0.369 e. The Kier molecular flexibility index (Phi) is 12.7. The van der Waals surface area contributed by atoms with E-state index in [0.29, 0.717) is 28.7 Å². The van der Waals surface area contributed by atoms with Gasteiger partial charge in [-0.3, -0.25) is 14.9 Å². The summed E-state index contributed by atoms with van der Waals surface area (Å²) in [7, 11) is 0. The molecule has 4 amide bonds. The molecule has 0 saturated carbocycles. The number of likely N-dealkylation sites (tertiary alicyclic amines) is 2. The van der Waals surface area contributed by atoms with Crippen LogP contribution in [0.25, 0.3) is 0 Å². The third-order valence-electron chi connectivity index (χ3n) is 4.86. The number of carbonyl (C=O) groups excluding carboxylic acids is 3. The molecule has 2 aliphatic rings. The summed E-state index contributed by atoms with van der Waals surface area (Å²) in [5.74, 6) is 0.157. The van der Waals surface area contributed by atoms with Crippen LogP contribution in [0.4, 0.5) is 10.5 Å². The maximum atomic E-state index is 11.9. The maximum Gasteiger partial charge on any atom is 0.318 e. The molecule has 1 aromatic carbocycles. The minimum absolute atomic E-state index is 0.132. The van der Waals surface area contributed by atoms with Crippen LogP contribution in [0.1, 0.15) is 38.5 Å². The van der Waals surface area contributed by atoms with Gasteiger partial charge >= 0.3 is 6.03 Å². The highest BCUT2D eigenvalue weighted by Gasteiger charge is 2.23. The number of terminal acetylenes is 1. The van der Waals surface area contributed by atoms with Gasteiger partial charge in [-0.05, 0) is 43.9 Å². The first kappa shape index (κ1) is 28.1. The summed E-state index contributed by atoms with van der Waals surface area (Å²) in [6, 6.07) is 3.89. The van der Waals surface area contributed by atoms with Gasteiger partial charge in [0, 0.05) is 31.1 Å². The summed E-state index contributed by atoms with van der Waals surface area (Å²) < 4.78 is 0. The van der Waals surface area contributed by atoms with Crippen molar-refractivity contribution in [2.45, 2.75) is 38.5 Å². The van der Waals surface area contributed by atoms with E-state index in [0.717, 1.165) is 51.7 Å². The molecular weight excluding hydrogens is 467 g/mol. The molecule has 180 valence electrons. The van der Waals surface area contributed by atoms with E-state index in [4.69, 9.17) is 34.7 Å². The summed E-state index contributed by atoms with van der Waals surface area (Å²) in [6.07, 6.45) is 14.0. The Labute approximate surface area is 204 Å². The highest BCUT2D eigenvalue weighted by molar-refractivity contribution is 6.36. The van der Waals surface area contributed by atoms with Gasteiger partial charge in [0.05, 0.1) is 17.3 Å². The molecule has 2 fully saturated rings. The summed E-state index contributed by atoms with van der Waals surface area (Å²) >= 11 is 11.5. The van der Waals surface area contributed by atoms with Crippen LogP contribution in [0, 0.1) is 12.8 Å². The third-order valence-corrected chi connectivity index (χ3v) is 5.40. The second-order valence-electron chi connectivity index (χ2n) is 7.30. The lowest BCUT2D eigenvalue weighted by atomic mass is 10.2. The lowest BCUT2D eigenvalue weighted by Gasteiger charge is -2.23. The fourth-order valence-electron chi connectivity index (χ4n) is 3.29. The second-order valence-corrected chi connectivity index (χ2v) is 8.14. The molecule has 0 bridgehead atoms. The predicted molar refractivity (Wildman–Crippen MR) is 131 cm³/mol. The van der Waals surface area contributed by atoms with Gasteiger partial charge in [-0.1, -0.05) is 29.6 Å². The first-order valence-corrected chi connectivity index (χ1v) is 11.3. The minimum atomic E-state index is -0.790. The number of aliphatic imine (C=N–C) groups is 1. The van der Waals surface area contributed by atoms with Crippen molar-refractivity contribution in [3.8, 4) is 12.8 Å². The van der Waals surface area contributed by atoms with Crippen molar-refractivity contribution in [3.63, 3.8) is 0 Å². The molecule has 0 radical (unpaired) electrons. The molecular formula is C22H30Cl2N6O3. The number of hydrogen-bond acceptors (Lipinski definition) is 4. The van der Waals surface area contributed by atoms with E-state index < -0.39 is 6.03 Å². The number of carbonyl (C=O) groups is 3. The summed E-state index contributed by atoms with van der Waals surface area (Å²) in [4.78, 5) is 41.5. The molecule has 9 nitrogen and oxygen atoms in total. The van der Waals surface area contributed by atoms with Crippen LogP contribution in [0.2, 0.25) is 10.0 Å². The summed E-state index contributed by atoms with van der Waals surface area (Å²) in [5.41, 5.74) is 10.6. The standard InChI is InChI=1S/C12H20N2O2.C8H8Cl2N4O.C2H2/c15-11-6-2-1-3-9-14(11)10-12(16)13-7-4-5-8-13;9-4-1-2-6(5(10)3-4)13-7(11)14-8(12)15;1-2/h1-10H2;1-3H,(H5,11,12,13,14,15);1-2H. The Morgan fingerprint density at radius 3 is 2.27 bits per heavy atom. The van der Waals surface area contributed by atoms with E-state index in [9.17, 15) is 14.4 Å². The number of primary amides is 1. The summed E-state index contributed by atoms with van der Waals surface area (Å²) in [6.45, 7) is 2.82. The molecule has 0 aromatic heterocycles. The van der Waals surface area contributed by atoms with Gasteiger partial charge in [0.25, 0.3) is 0 Å². The van der Waals surface area contributed by atoms with Crippen molar-refractivity contribution in [2.75, 3.05) is 26.2 Å². The van der Waals surface area contributed by atoms with Crippen molar-refractivity contribution >= 4 is 52.7 Å². The van der Waals surface area contributed by atoms with Gasteiger partial charge in [-0.25, -0.2) is 9.79 Å². The van der Waals surface area contributed by atoms with Gasteiger partial charge in [-0.15, -0.1) is 12.8 Å². The van der Waals surface area contributed by atoms with Crippen LogP contribution in [0.3, 0.4) is 0 Å². The molecule has 11 heteroatoms. The number of guanidine groups is 1. The number of amides is 4. The van der Waals surface area contributed by atoms with Crippen LogP contribution in [-0.4, -0.2) is 59.8 Å². The maximum absolute atomic E-state index is 11.9. The van der Waals surface area contributed by atoms with E-state index >= 15 is 0 Å². The fraction of sp³-hybridized carbons (Fsp3) is 0.455. The largest absolute Gasteiger partial charge is 0.369 e. The van der Waals surface area contributed by atoms with Gasteiger partial charge in [0.1, 0.15) is 0 Å². The fourth-order valence-corrected chi connectivity index (χ4v) is 3.74. The van der Waals surface area contributed by atoms with Crippen molar-refractivity contribution in [3.05, 3.63) is 28.2 Å². The predicted octanol–water partition coefficient (Wildman–Crippen LogP) is 2.87. The molecule has 2 saturated heterocycles. The zero-order chi connectivity index (χ0) is 24.8. The summed E-state index contributed by atoms with van der Waals surface area (Å²) in [5, 5.41) is 2.92. The highest BCUT2D eigenvalue weighted by Crippen LogP contribution is 2.27. The Bertz CT molecular complexity index is 869. The molecule has 1 aromatic rings. The topological polar surface area (TPSA) is 134 Å². The smallest absolute Gasteiger partial charge is 0.318 e. The average Bonchev–Trinajstić information content (AvgIpc) is 3.24.